The van der Waals surface area contributed by atoms with E-state index in [1.807, 2.05) is 30.3 Å². The fraction of sp³-hybridized carbons (Fsp3) is 0. The number of hydrogen-bond acceptors (Lipinski definition) is 2. The summed E-state index contributed by atoms with van der Waals surface area (Å²) in [6, 6.07) is 21.9. The van der Waals surface area contributed by atoms with Crippen molar-refractivity contribution in [1.29, 1.82) is 0 Å². The van der Waals surface area contributed by atoms with Crippen LogP contribution >= 0.6 is 0 Å². The molecule has 0 aliphatic carbocycles. The summed E-state index contributed by atoms with van der Waals surface area (Å²) in [5, 5.41) is 19.9. The van der Waals surface area contributed by atoms with Crippen LogP contribution in [-0.2, 0) is 0 Å². The number of nitro benzene ring substituents is 1. The lowest BCUT2D eigenvalue weighted by Gasteiger charge is -2.13. The molecule has 0 heterocycles. The Hall–Kier alpha value is -3.20. The maximum atomic E-state index is 11.4. The second-order valence-electron chi connectivity index (χ2n) is 5.86. The highest BCUT2D eigenvalue weighted by Crippen LogP contribution is 2.40. The van der Waals surface area contributed by atoms with E-state index in [4.69, 9.17) is 0 Å². The second-order valence-corrected chi connectivity index (χ2v) is 5.86. The third kappa shape index (κ3) is 1.53. The summed E-state index contributed by atoms with van der Waals surface area (Å²) in [6.07, 6.45) is 0. The summed E-state index contributed by atoms with van der Waals surface area (Å²) in [5.74, 6) is 0. The first-order valence-electron chi connectivity index (χ1n) is 7.48. The highest BCUT2D eigenvalue weighted by atomic mass is 16.6. The largest absolute Gasteiger partial charge is 0.277 e. The molecule has 0 bridgehead atoms. The van der Waals surface area contributed by atoms with Crippen LogP contribution in [0.5, 0.6) is 0 Å². The van der Waals surface area contributed by atoms with E-state index in [0.717, 1.165) is 26.9 Å². The zero-order valence-corrected chi connectivity index (χ0v) is 12.1. The Kier molecular flexibility index (Phi) is 2.24. The Balaban J connectivity index is 2.14. The predicted molar refractivity (Wildman–Crippen MR) is 94.3 cm³/mol. The number of rotatable bonds is 1. The average molecular weight is 297 g/mol. The first-order valence-corrected chi connectivity index (χ1v) is 7.48. The number of fused-ring (bicyclic) bond motifs is 2. The molecule has 0 aliphatic heterocycles. The van der Waals surface area contributed by atoms with Gasteiger partial charge in [0, 0.05) is 11.5 Å². The van der Waals surface area contributed by atoms with E-state index in [1.54, 1.807) is 6.07 Å². The normalized spacial score (nSPS) is 11.8. The number of nitrogens with zero attached hydrogens (tertiary/aromatic N) is 1. The van der Waals surface area contributed by atoms with Gasteiger partial charge in [0.1, 0.15) is 0 Å². The lowest BCUT2D eigenvalue weighted by Crippen LogP contribution is -1.92. The Morgan fingerprint density at radius 3 is 2.22 bits per heavy atom. The van der Waals surface area contributed by atoms with Crippen LogP contribution in [0.15, 0.2) is 66.7 Å². The Morgan fingerprint density at radius 2 is 1.35 bits per heavy atom. The Morgan fingerprint density at radius 1 is 0.652 bits per heavy atom. The molecule has 0 spiro atoms. The summed E-state index contributed by atoms with van der Waals surface area (Å²) in [4.78, 5) is 11.1. The van der Waals surface area contributed by atoms with Crippen molar-refractivity contribution in [3.63, 3.8) is 0 Å². The molecule has 0 N–H and O–H groups in total. The van der Waals surface area contributed by atoms with Crippen LogP contribution in [0.1, 0.15) is 0 Å². The van der Waals surface area contributed by atoms with Gasteiger partial charge in [0.05, 0.1) is 10.3 Å². The third-order valence-corrected chi connectivity index (χ3v) is 4.68. The minimum Gasteiger partial charge on any atom is -0.258 e. The van der Waals surface area contributed by atoms with Gasteiger partial charge >= 0.3 is 0 Å². The van der Waals surface area contributed by atoms with Crippen molar-refractivity contribution < 1.29 is 4.92 Å². The molecule has 5 aromatic rings. The van der Waals surface area contributed by atoms with Crippen LogP contribution in [0.4, 0.5) is 5.69 Å². The minimum atomic E-state index is -0.302. The van der Waals surface area contributed by atoms with E-state index >= 15 is 0 Å². The molecule has 3 nitrogen and oxygen atoms in total. The third-order valence-electron chi connectivity index (χ3n) is 4.68. The van der Waals surface area contributed by atoms with Gasteiger partial charge < -0.3 is 0 Å². The molecule has 0 fully saturated rings. The molecular formula is C20H11NO2. The lowest BCUT2D eigenvalue weighted by molar-refractivity contribution is -0.383. The first kappa shape index (κ1) is 12.4. The summed E-state index contributed by atoms with van der Waals surface area (Å²) in [6.45, 7) is 0. The highest BCUT2D eigenvalue weighted by molar-refractivity contribution is 6.29. The van der Waals surface area contributed by atoms with Gasteiger partial charge in [-0.05, 0) is 50.5 Å². The minimum absolute atomic E-state index is 0.167. The maximum absolute atomic E-state index is 11.4. The van der Waals surface area contributed by atoms with Crippen molar-refractivity contribution >= 4 is 48.8 Å². The SMILES string of the molecule is O=[N+]([O-])c1ccc2ccc3c4ccccc4cc4ccc1c2c43. The van der Waals surface area contributed by atoms with Crippen LogP contribution < -0.4 is 0 Å². The van der Waals surface area contributed by atoms with Crippen LogP contribution in [0.2, 0.25) is 0 Å². The lowest BCUT2D eigenvalue weighted by atomic mass is 9.90. The van der Waals surface area contributed by atoms with E-state index in [0.29, 0.717) is 5.39 Å². The van der Waals surface area contributed by atoms with E-state index in [2.05, 4.69) is 30.3 Å². The average Bonchev–Trinajstić information content (AvgIpc) is 2.58. The number of non-ortho nitro benzene ring substituents is 1. The molecule has 5 rings (SSSR count). The maximum Gasteiger partial charge on any atom is 0.277 e. The highest BCUT2D eigenvalue weighted by Gasteiger charge is 2.17. The predicted octanol–water partition coefficient (Wildman–Crippen LogP) is 5.65. The summed E-state index contributed by atoms with van der Waals surface area (Å²) < 4.78 is 0. The molecule has 0 amide bonds. The van der Waals surface area contributed by atoms with E-state index in [9.17, 15) is 10.1 Å². The van der Waals surface area contributed by atoms with Gasteiger partial charge in [0.25, 0.3) is 5.69 Å². The molecule has 0 saturated carbocycles. The number of nitro groups is 1. The Labute approximate surface area is 131 Å². The standard InChI is InChI=1S/C20H11NO2/c22-21(23)18-10-7-12-5-8-16-15-4-2-1-3-13(15)11-14-6-9-17(18)19(12)20(14)16/h1-11H. The Bertz CT molecular complexity index is 1240. The summed E-state index contributed by atoms with van der Waals surface area (Å²) in [7, 11) is 0. The molecule has 23 heavy (non-hydrogen) atoms. The van der Waals surface area contributed by atoms with E-state index < -0.39 is 0 Å². The zero-order valence-electron chi connectivity index (χ0n) is 12.1. The fourth-order valence-electron chi connectivity index (χ4n) is 3.70. The van der Waals surface area contributed by atoms with E-state index in [-0.39, 0.29) is 10.6 Å². The molecule has 0 unspecified atom stereocenters. The van der Waals surface area contributed by atoms with Crippen LogP contribution in [0.3, 0.4) is 0 Å². The van der Waals surface area contributed by atoms with Crippen molar-refractivity contribution in [2.75, 3.05) is 0 Å². The van der Waals surface area contributed by atoms with Crippen molar-refractivity contribution in [3.8, 4) is 0 Å². The van der Waals surface area contributed by atoms with Crippen molar-refractivity contribution in [3.05, 3.63) is 76.8 Å². The summed E-state index contributed by atoms with van der Waals surface area (Å²) >= 11 is 0. The van der Waals surface area contributed by atoms with Crippen molar-refractivity contribution in [2.45, 2.75) is 0 Å². The fourth-order valence-corrected chi connectivity index (χ4v) is 3.70. The first-order chi connectivity index (χ1) is 11.2. The van der Waals surface area contributed by atoms with Gasteiger partial charge in [0.15, 0.2) is 0 Å². The second kappa shape index (κ2) is 4.17. The topological polar surface area (TPSA) is 43.1 Å². The molecule has 0 aliphatic rings. The van der Waals surface area contributed by atoms with E-state index in [1.165, 1.54) is 10.8 Å². The van der Waals surface area contributed by atoms with Gasteiger partial charge in [0.2, 0.25) is 0 Å². The van der Waals surface area contributed by atoms with Crippen molar-refractivity contribution in [1.82, 2.24) is 0 Å². The van der Waals surface area contributed by atoms with Crippen molar-refractivity contribution in [2.24, 2.45) is 0 Å². The van der Waals surface area contributed by atoms with Crippen LogP contribution in [0, 0.1) is 10.1 Å². The van der Waals surface area contributed by atoms with Gasteiger partial charge in [-0.15, -0.1) is 0 Å². The molecule has 5 aromatic carbocycles. The molecule has 3 heteroatoms. The molecular weight excluding hydrogens is 286 g/mol. The molecule has 0 aromatic heterocycles. The number of benzene rings is 5. The van der Waals surface area contributed by atoms with Gasteiger partial charge in [-0.2, -0.15) is 0 Å². The number of hydrogen-bond donors (Lipinski definition) is 0. The van der Waals surface area contributed by atoms with Gasteiger partial charge in [-0.1, -0.05) is 42.5 Å². The quantitative estimate of drug-likeness (QED) is 0.174. The van der Waals surface area contributed by atoms with Gasteiger partial charge in [-0.3, -0.25) is 10.1 Å². The molecule has 0 radical (unpaired) electrons. The molecule has 108 valence electrons. The smallest absolute Gasteiger partial charge is 0.258 e. The van der Waals surface area contributed by atoms with Crippen LogP contribution in [0.25, 0.3) is 43.1 Å². The van der Waals surface area contributed by atoms with Crippen LogP contribution in [-0.4, -0.2) is 4.92 Å². The van der Waals surface area contributed by atoms with Gasteiger partial charge in [-0.25, -0.2) is 0 Å². The molecule has 0 saturated heterocycles. The summed E-state index contributed by atoms with van der Waals surface area (Å²) in [5.41, 5.74) is 0.167. The monoisotopic (exact) mass is 297 g/mol. The molecule has 0 atom stereocenters. The zero-order chi connectivity index (χ0) is 15.6.